The number of halogens is 1. The van der Waals surface area contributed by atoms with Gasteiger partial charge in [0.1, 0.15) is 17.3 Å². The Labute approximate surface area is 157 Å². The molecule has 5 nitrogen and oxygen atoms in total. The molecule has 0 aliphatic heterocycles. The monoisotopic (exact) mass is 367 g/mol. The summed E-state index contributed by atoms with van der Waals surface area (Å²) in [6.45, 7) is 2.75. The van der Waals surface area contributed by atoms with Crippen LogP contribution < -0.4 is 10.1 Å². The van der Waals surface area contributed by atoms with Gasteiger partial charge in [0.25, 0.3) is 5.91 Å². The second-order valence-corrected chi connectivity index (χ2v) is 6.11. The van der Waals surface area contributed by atoms with E-state index in [4.69, 9.17) is 4.74 Å². The number of methoxy groups -OCH3 is 1. The third-order valence-corrected chi connectivity index (χ3v) is 4.23. The van der Waals surface area contributed by atoms with Gasteiger partial charge in [0.2, 0.25) is 0 Å². The highest BCUT2D eigenvalue weighted by molar-refractivity contribution is 5.93. The predicted molar refractivity (Wildman–Crippen MR) is 102 cm³/mol. The summed E-state index contributed by atoms with van der Waals surface area (Å²) in [7, 11) is 1.60. The number of hydrogen-bond acceptors (Lipinski definition) is 3. The number of carbonyl (C=O) groups excluding carboxylic acids is 1. The highest BCUT2D eigenvalue weighted by Crippen LogP contribution is 2.29. The van der Waals surface area contributed by atoms with Crippen LogP contribution >= 0.6 is 0 Å². The van der Waals surface area contributed by atoms with E-state index < -0.39 is 0 Å². The molecule has 0 saturated carbocycles. The van der Waals surface area contributed by atoms with Crippen LogP contribution in [0.25, 0.3) is 11.3 Å². The molecule has 0 saturated heterocycles. The van der Waals surface area contributed by atoms with Crippen molar-refractivity contribution in [3.8, 4) is 17.0 Å². The van der Waals surface area contributed by atoms with Gasteiger partial charge in [-0.05, 0) is 30.7 Å². The van der Waals surface area contributed by atoms with Crippen molar-refractivity contribution >= 4 is 5.91 Å². The zero-order valence-electron chi connectivity index (χ0n) is 15.4. The van der Waals surface area contributed by atoms with E-state index in [9.17, 15) is 9.18 Å². The van der Waals surface area contributed by atoms with Crippen LogP contribution in [0.15, 0.2) is 54.6 Å². The molecule has 2 aromatic carbocycles. The van der Waals surface area contributed by atoms with Gasteiger partial charge in [-0.25, -0.2) is 4.39 Å². The average Bonchev–Trinajstić information content (AvgIpc) is 3.11. The summed E-state index contributed by atoms with van der Waals surface area (Å²) in [6, 6.07) is 15.7. The fourth-order valence-electron chi connectivity index (χ4n) is 2.88. The summed E-state index contributed by atoms with van der Waals surface area (Å²) in [4.78, 5) is 12.7. The first kappa shape index (κ1) is 18.6. The number of para-hydroxylation sites is 1. The number of benzene rings is 2. The number of nitrogens with zero attached hydrogens (tertiary/aromatic N) is 2. The fraction of sp³-hybridized carbons (Fsp3) is 0.238. The number of rotatable bonds is 7. The molecule has 0 bridgehead atoms. The van der Waals surface area contributed by atoms with E-state index in [0.29, 0.717) is 29.2 Å². The maximum Gasteiger partial charge on any atom is 0.269 e. The Bertz CT molecular complexity index is 937. The number of nitrogens with one attached hydrogen (secondary N) is 1. The van der Waals surface area contributed by atoms with Crippen molar-refractivity contribution < 1.29 is 13.9 Å². The number of hydrogen-bond donors (Lipinski definition) is 1. The molecule has 140 valence electrons. The number of ether oxygens (including phenoxy) is 1. The van der Waals surface area contributed by atoms with Gasteiger partial charge < -0.3 is 10.1 Å². The maximum absolute atomic E-state index is 13.8. The van der Waals surface area contributed by atoms with Crippen molar-refractivity contribution in [2.24, 2.45) is 0 Å². The van der Waals surface area contributed by atoms with Gasteiger partial charge in [0.05, 0.1) is 12.8 Å². The number of carbonyl (C=O) groups is 1. The SMILES string of the molecule is CCCn1nc(-c2ccccc2OC)cc1C(=O)NCc1ccccc1F. The summed E-state index contributed by atoms with van der Waals surface area (Å²) < 4.78 is 20.8. The molecule has 3 rings (SSSR count). The van der Waals surface area contributed by atoms with E-state index in [2.05, 4.69) is 10.4 Å². The molecule has 0 unspecified atom stereocenters. The van der Waals surface area contributed by atoms with Crippen LogP contribution in [0.4, 0.5) is 4.39 Å². The topological polar surface area (TPSA) is 56.2 Å². The lowest BCUT2D eigenvalue weighted by Crippen LogP contribution is -2.26. The molecule has 0 fully saturated rings. The molecular weight excluding hydrogens is 345 g/mol. The van der Waals surface area contributed by atoms with Gasteiger partial charge in [-0.3, -0.25) is 9.48 Å². The van der Waals surface area contributed by atoms with Crippen LogP contribution in [0.5, 0.6) is 5.75 Å². The molecule has 0 radical (unpaired) electrons. The van der Waals surface area contributed by atoms with Crippen LogP contribution in [0.1, 0.15) is 29.4 Å². The van der Waals surface area contributed by atoms with Crippen molar-refractivity contribution in [1.82, 2.24) is 15.1 Å². The quantitative estimate of drug-likeness (QED) is 0.686. The van der Waals surface area contributed by atoms with Gasteiger partial charge in [-0.1, -0.05) is 37.3 Å². The van der Waals surface area contributed by atoms with Crippen LogP contribution in [-0.2, 0) is 13.1 Å². The Morgan fingerprint density at radius 3 is 2.67 bits per heavy atom. The molecule has 1 amide bonds. The Morgan fingerprint density at radius 2 is 1.93 bits per heavy atom. The summed E-state index contributed by atoms with van der Waals surface area (Å²) >= 11 is 0. The van der Waals surface area contributed by atoms with Gasteiger partial charge in [-0.15, -0.1) is 0 Å². The lowest BCUT2D eigenvalue weighted by atomic mass is 10.1. The van der Waals surface area contributed by atoms with E-state index in [1.807, 2.05) is 31.2 Å². The highest BCUT2D eigenvalue weighted by Gasteiger charge is 2.18. The molecule has 3 aromatic rings. The Kier molecular flexibility index (Phi) is 5.86. The smallest absolute Gasteiger partial charge is 0.269 e. The molecule has 1 aromatic heterocycles. The first-order valence-corrected chi connectivity index (χ1v) is 8.87. The van der Waals surface area contributed by atoms with E-state index in [-0.39, 0.29) is 18.3 Å². The molecule has 6 heteroatoms. The third-order valence-electron chi connectivity index (χ3n) is 4.23. The summed E-state index contributed by atoms with van der Waals surface area (Å²) in [5.74, 6) is 0.0619. The minimum absolute atomic E-state index is 0.118. The largest absolute Gasteiger partial charge is 0.496 e. The van der Waals surface area contributed by atoms with Crippen LogP contribution in [0.2, 0.25) is 0 Å². The minimum atomic E-state index is -0.338. The first-order valence-electron chi connectivity index (χ1n) is 8.87. The van der Waals surface area contributed by atoms with E-state index >= 15 is 0 Å². The lowest BCUT2D eigenvalue weighted by Gasteiger charge is -2.08. The van der Waals surface area contributed by atoms with E-state index in [1.165, 1.54) is 6.07 Å². The Hall–Kier alpha value is -3.15. The zero-order chi connectivity index (χ0) is 19.2. The lowest BCUT2D eigenvalue weighted by molar-refractivity contribution is 0.0939. The predicted octanol–water partition coefficient (Wildman–Crippen LogP) is 4.04. The molecule has 0 aliphatic carbocycles. The van der Waals surface area contributed by atoms with Crippen LogP contribution in [-0.4, -0.2) is 22.8 Å². The first-order chi connectivity index (χ1) is 13.1. The van der Waals surface area contributed by atoms with Crippen molar-refractivity contribution in [2.75, 3.05) is 7.11 Å². The molecule has 0 spiro atoms. The molecule has 1 heterocycles. The fourth-order valence-corrected chi connectivity index (χ4v) is 2.88. The van der Waals surface area contributed by atoms with Gasteiger partial charge in [-0.2, -0.15) is 5.10 Å². The van der Waals surface area contributed by atoms with Gasteiger partial charge in [0, 0.05) is 24.2 Å². The molecule has 0 atom stereocenters. The summed E-state index contributed by atoms with van der Waals surface area (Å²) in [5, 5.41) is 7.35. The zero-order valence-corrected chi connectivity index (χ0v) is 15.4. The molecule has 1 N–H and O–H groups in total. The van der Waals surface area contributed by atoms with Crippen LogP contribution in [0.3, 0.4) is 0 Å². The maximum atomic E-state index is 13.8. The second-order valence-electron chi connectivity index (χ2n) is 6.11. The highest BCUT2D eigenvalue weighted by atomic mass is 19.1. The third kappa shape index (κ3) is 4.16. The second kappa shape index (κ2) is 8.49. The molecule has 27 heavy (non-hydrogen) atoms. The standard InChI is InChI=1S/C21H22FN3O2/c1-3-12-25-19(21(26)23-14-15-8-4-6-10-17(15)22)13-18(24-25)16-9-5-7-11-20(16)27-2/h4-11,13H,3,12,14H2,1-2H3,(H,23,26). The van der Waals surface area contributed by atoms with Gasteiger partial charge in [0.15, 0.2) is 0 Å². The molecular formula is C21H22FN3O2. The molecule has 0 aliphatic rings. The van der Waals surface area contributed by atoms with Crippen molar-refractivity contribution in [3.63, 3.8) is 0 Å². The van der Waals surface area contributed by atoms with Crippen LogP contribution in [0, 0.1) is 5.82 Å². The summed E-state index contributed by atoms with van der Waals surface area (Å²) in [6.07, 6.45) is 0.834. The number of amides is 1. The van der Waals surface area contributed by atoms with Gasteiger partial charge >= 0.3 is 0 Å². The average molecular weight is 367 g/mol. The Balaban J connectivity index is 1.86. The normalized spacial score (nSPS) is 10.6. The summed E-state index contributed by atoms with van der Waals surface area (Å²) in [5.41, 5.74) is 2.36. The van der Waals surface area contributed by atoms with Crippen molar-refractivity contribution in [1.29, 1.82) is 0 Å². The Morgan fingerprint density at radius 1 is 1.19 bits per heavy atom. The number of aryl methyl sites for hydroxylation is 1. The van der Waals surface area contributed by atoms with Crippen molar-refractivity contribution in [2.45, 2.75) is 26.4 Å². The van der Waals surface area contributed by atoms with E-state index in [0.717, 1.165) is 12.0 Å². The van der Waals surface area contributed by atoms with Crippen molar-refractivity contribution in [3.05, 3.63) is 71.7 Å². The van der Waals surface area contributed by atoms with E-state index in [1.54, 1.807) is 36.1 Å². The number of aromatic nitrogens is 2. The minimum Gasteiger partial charge on any atom is -0.496 e.